The number of carbonyl (C=O) groups excluding carboxylic acids is 3. The first-order chi connectivity index (χ1) is 13.7. The maximum atomic E-state index is 12.5. The van der Waals surface area contributed by atoms with Gasteiger partial charge in [0.1, 0.15) is 29.1 Å². The van der Waals surface area contributed by atoms with Crippen molar-refractivity contribution >= 4 is 57.8 Å². The Bertz CT molecular complexity index is 905. The number of carboxylic acids is 1. The molecule has 2 aliphatic heterocycles. The van der Waals surface area contributed by atoms with Gasteiger partial charge in [-0.1, -0.05) is 5.16 Å². The molecule has 2 unspecified atom stereocenters. The molecule has 0 radical (unpaired) electrons. The summed E-state index contributed by atoms with van der Waals surface area (Å²) in [6.07, 6.45) is -1.11. The summed E-state index contributed by atoms with van der Waals surface area (Å²) in [5.41, 5.74) is 8.56. The van der Waals surface area contributed by atoms with Gasteiger partial charge in [-0.15, -0.1) is 23.1 Å². The lowest BCUT2D eigenvalue weighted by Gasteiger charge is -2.53. The van der Waals surface area contributed by atoms with Gasteiger partial charge in [0.15, 0.2) is 10.8 Å². The summed E-state index contributed by atoms with van der Waals surface area (Å²) in [6.45, 7) is -0.688. The van der Waals surface area contributed by atoms with E-state index in [0.717, 1.165) is 23.1 Å². The van der Waals surface area contributed by atoms with Crippen LogP contribution in [0.15, 0.2) is 10.5 Å². The lowest BCUT2D eigenvalue weighted by Crippen LogP contribution is -2.74. The Morgan fingerprint density at radius 1 is 1.48 bits per heavy atom. The minimum Gasteiger partial charge on any atom is -0.481 e. The van der Waals surface area contributed by atoms with Crippen molar-refractivity contribution in [1.82, 2.24) is 15.2 Å². The second-order valence-electron chi connectivity index (χ2n) is 6.33. The van der Waals surface area contributed by atoms with Crippen molar-refractivity contribution in [2.45, 2.75) is 11.4 Å². The Hall–Kier alpha value is -3.07. The Kier molecular flexibility index (Phi) is 5.52. The highest BCUT2D eigenvalue weighted by atomic mass is 32.2. The summed E-state index contributed by atoms with van der Waals surface area (Å²) >= 11 is 2.16. The van der Waals surface area contributed by atoms with Gasteiger partial charge < -0.3 is 36.7 Å². The number of carboxylic acid groups (broad SMARTS) is 1. The van der Waals surface area contributed by atoms with Crippen molar-refractivity contribution < 1.29 is 34.2 Å². The number of thioether (sulfide) groups is 1. The average molecular weight is 444 g/mol. The summed E-state index contributed by atoms with van der Waals surface area (Å²) in [5, 5.41) is 25.1. The number of anilines is 1. The van der Waals surface area contributed by atoms with Gasteiger partial charge in [0.05, 0.1) is 0 Å². The number of rotatable bonds is 6. The number of amides is 3. The zero-order valence-corrected chi connectivity index (χ0v) is 16.2. The number of oxime groups is 1. The molecular weight excluding hydrogens is 428 g/mol. The third-order valence-electron chi connectivity index (χ3n) is 4.46. The molecule has 0 saturated carbocycles. The van der Waals surface area contributed by atoms with Crippen molar-refractivity contribution in [3.05, 3.63) is 11.1 Å². The van der Waals surface area contributed by atoms with Crippen LogP contribution in [-0.4, -0.2) is 80.1 Å². The van der Waals surface area contributed by atoms with Gasteiger partial charge >= 0.3 is 12.1 Å². The van der Waals surface area contributed by atoms with Crippen LogP contribution in [0, 0.1) is 5.41 Å². The molecule has 0 spiro atoms. The topological polar surface area (TPSA) is 211 Å². The van der Waals surface area contributed by atoms with Gasteiger partial charge in [-0.25, -0.2) is 9.78 Å². The van der Waals surface area contributed by atoms with E-state index in [1.54, 1.807) is 0 Å². The van der Waals surface area contributed by atoms with Crippen molar-refractivity contribution in [2.75, 3.05) is 24.6 Å². The van der Waals surface area contributed by atoms with Crippen LogP contribution in [-0.2, 0) is 19.1 Å². The van der Waals surface area contributed by atoms with Crippen LogP contribution in [0.3, 0.4) is 0 Å². The summed E-state index contributed by atoms with van der Waals surface area (Å²) < 4.78 is 4.65. The smallest absolute Gasteiger partial charge is 0.404 e. The molecule has 3 amide bonds. The first-order valence-electron chi connectivity index (χ1n) is 8.00. The van der Waals surface area contributed by atoms with Crippen LogP contribution in [0.1, 0.15) is 5.69 Å². The lowest BCUT2D eigenvalue weighted by molar-refractivity contribution is -0.160. The second-order valence-corrected chi connectivity index (χ2v) is 8.33. The van der Waals surface area contributed by atoms with E-state index in [0.29, 0.717) is 0 Å². The Balaban J connectivity index is 1.67. The molecule has 7 N–H and O–H groups in total. The molecule has 3 heterocycles. The van der Waals surface area contributed by atoms with Crippen LogP contribution in [0.25, 0.3) is 0 Å². The fourth-order valence-electron chi connectivity index (χ4n) is 2.93. The molecule has 0 aliphatic carbocycles. The van der Waals surface area contributed by atoms with Crippen molar-refractivity contribution in [3.63, 3.8) is 0 Å². The first-order valence-corrected chi connectivity index (χ1v) is 9.93. The van der Waals surface area contributed by atoms with Gasteiger partial charge in [0.25, 0.3) is 5.91 Å². The summed E-state index contributed by atoms with van der Waals surface area (Å²) in [5.74, 6) is -2.56. The number of aromatic nitrogens is 1. The third kappa shape index (κ3) is 3.77. The number of fused-ring (bicyclic) bond motifs is 1. The molecule has 13 nitrogen and oxygen atoms in total. The molecular formula is C14H16N6O7S2. The number of nitrogens with one attached hydrogen (secondary N) is 1. The molecule has 29 heavy (non-hydrogen) atoms. The molecule has 2 saturated heterocycles. The Morgan fingerprint density at radius 3 is 2.76 bits per heavy atom. The number of ether oxygens (including phenoxy) is 1. The van der Waals surface area contributed by atoms with Crippen LogP contribution in [0.4, 0.5) is 9.93 Å². The minimum atomic E-state index is -1.50. The van der Waals surface area contributed by atoms with Gasteiger partial charge in [0.2, 0.25) is 5.91 Å². The van der Waals surface area contributed by atoms with E-state index < -0.39 is 53.0 Å². The number of nitrogens with zero attached hydrogens (tertiary/aromatic N) is 3. The Morgan fingerprint density at radius 2 is 2.21 bits per heavy atom. The predicted octanol–water partition coefficient (Wildman–Crippen LogP) is -1.53. The van der Waals surface area contributed by atoms with Crippen molar-refractivity contribution in [3.8, 4) is 0 Å². The van der Waals surface area contributed by atoms with E-state index in [9.17, 15) is 24.3 Å². The highest BCUT2D eigenvalue weighted by Gasteiger charge is 2.58. The molecule has 1 aromatic heterocycles. The van der Waals surface area contributed by atoms with Crippen molar-refractivity contribution in [2.24, 2.45) is 16.3 Å². The normalized spacial score (nSPS) is 26.3. The quantitative estimate of drug-likeness (QED) is 0.148. The first kappa shape index (κ1) is 20.7. The zero-order chi connectivity index (χ0) is 21.3. The number of hydrogen-bond donors (Lipinski definition) is 5. The van der Waals surface area contributed by atoms with Crippen molar-refractivity contribution in [1.29, 1.82) is 0 Å². The molecule has 15 heteroatoms. The van der Waals surface area contributed by atoms with Gasteiger partial charge in [-0.05, 0) is 0 Å². The summed E-state index contributed by atoms with van der Waals surface area (Å²) in [7, 11) is 0. The zero-order valence-electron chi connectivity index (χ0n) is 14.6. The fourth-order valence-corrected chi connectivity index (χ4v) is 5.01. The molecule has 2 fully saturated rings. The standard InChI is InChI=1S/C14H16N6O7S2/c15-12-17-5(1-28-12)6(19-26)8(21)18-7-9(22)20-2-14(11(23)24,3-27-13(16)25)4-29-10(7)20/h1,7,10,26H,2-4H2,(H2,15,17)(H2,16,25)(H,18,21)(H,23,24)/t7?,10-,14?/m1/s1. The maximum Gasteiger partial charge on any atom is 0.404 e. The highest BCUT2D eigenvalue weighted by molar-refractivity contribution is 8.00. The average Bonchev–Trinajstić information content (AvgIpc) is 3.10. The molecule has 156 valence electrons. The van der Waals surface area contributed by atoms with Gasteiger partial charge in [-0.2, -0.15) is 0 Å². The highest BCUT2D eigenvalue weighted by Crippen LogP contribution is 2.42. The summed E-state index contributed by atoms with van der Waals surface area (Å²) in [4.78, 5) is 52.5. The molecule has 1 aromatic rings. The molecule has 3 atom stereocenters. The molecule has 2 aliphatic rings. The number of thiazole rings is 1. The number of hydrogen-bond acceptors (Lipinski definition) is 11. The fraction of sp³-hybridized carbons (Fsp3) is 0.429. The third-order valence-corrected chi connectivity index (χ3v) is 6.72. The van der Waals surface area contributed by atoms with Gasteiger partial charge in [-0.3, -0.25) is 14.4 Å². The predicted molar refractivity (Wildman–Crippen MR) is 100 cm³/mol. The second kappa shape index (κ2) is 7.75. The van der Waals surface area contributed by atoms with Crippen LogP contribution in [0.2, 0.25) is 0 Å². The van der Waals surface area contributed by atoms with Gasteiger partial charge in [0, 0.05) is 17.7 Å². The molecule has 0 bridgehead atoms. The van der Waals surface area contributed by atoms with E-state index in [1.165, 1.54) is 10.3 Å². The van der Waals surface area contributed by atoms with Crippen LogP contribution in [0.5, 0.6) is 0 Å². The number of primary amides is 1. The maximum absolute atomic E-state index is 12.5. The minimum absolute atomic E-state index is 0.0278. The number of nitrogen functional groups attached to an aromatic ring is 1. The lowest BCUT2D eigenvalue weighted by atomic mass is 9.88. The Labute approximate surface area is 171 Å². The van der Waals surface area contributed by atoms with E-state index in [-0.39, 0.29) is 23.1 Å². The molecule has 0 aromatic carbocycles. The number of β-lactam (4-membered cyclic amide) rings is 1. The van der Waals surface area contributed by atoms with Crippen LogP contribution >= 0.6 is 23.1 Å². The van der Waals surface area contributed by atoms with E-state index in [2.05, 4.69) is 20.2 Å². The van der Waals surface area contributed by atoms with Crippen LogP contribution < -0.4 is 16.8 Å². The number of aliphatic carboxylic acids is 1. The SMILES string of the molecule is NC(=O)OCC1(C(=O)O)CS[C@@H]2C(NC(=O)C(=NO)c3csc(N)n3)C(=O)N2C1. The number of nitrogens with two attached hydrogens (primary N) is 2. The molecule has 3 rings (SSSR count). The number of carbonyl (C=O) groups is 4. The van der Waals surface area contributed by atoms with E-state index in [4.69, 9.17) is 16.7 Å². The van der Waals surface area contributed by atoms with E-state index in [1.807, 2.05) is 0 Å². The summed E-state index contributed by atoms with van der Waals surface area (Å²) in [6, 6.07) is -0.941. The monoisotopic (exact) mass is 444 g/mol. The van der Waals surface area contributed by atoms with E-state index >= 15 is 0 Å². The largest absolute Gasteiger partial charge is 0.481 e.